The molecule has 1 atom stereocenters. The summed E-state index contributed by atoms with van der Waals surface area (Å²) in [6.07, 6.45) is 2.46. The molecular weight excluding hydrogens is 200 g/mol. The molecule has 0 aliphatic carbocycles. The molecule has 92 valence electrons. The van der Waals surface area contributed by atoms with Crippen molar-refractivity contribution >= 4 is 0 Å². The molecule has 0 bridgehead atoms. The summed E-state index contributed by atoms with van der Waals surface area (Å²) in [4.78, 5) is 2.38. The molecule has 1 aromatic rings. The zero-order valence-electron chi connectivity index (χ0n) is 10.7. The lowest BCUT2D eigenvalue weighted by Crippen LogP contribution is -2.32. The fraction of sp³-hybridized carbons (Fsp3) is 0.692. The number of aryl methyl sites for hydroxylation is 1. The van der Waals surface area contributed by atoms with E-state index in [-0.39, 0.29) is 6.04 Å². The average Bonchev–Trinajstić information content (AvgIpc) is 2.70. The number of nitrogens with zero attached hydrogens (tertiary/aromatic N) is 1. The summed E-state index contributed by atoms with van der Waals surface area (Å²) in [5, 5.41) is 0. The molecule has 0 aliphatic rings. The van der Waals surface area contributed by atoms with Gasteiger partial charge in [-0.1, -0.05) is 20.3 Å². The van der Waals surface area contributed by atoms with Crippen LogP contribution in [0.4, 0.5) is 0 Å². The Bertz CT molecular complexity index is 296. The van der Waals surface area contributed by atoms with E-state index in [0.29, 0.717) is 0 Å². The SMILES string of the molecule is CCCCN(CC)CC(N)c1ccc(C)o1. The molecule has 1 unspecified atom stereocenters. The van der Waals surface area contributed by atoms with Crippen molar-refractivity contribution in [3.05, 3.63) is 23.7 Å². The topological polar surface area (TPSA) is 42.4 Å². The Labute approximate surface area is 98.6 Å². The number of furan rings is 1. The zero-order valence-corrected chi connectivity index (χ0v) is 10.7. The molecule has 0 aliphatic heterocycles. The molecule has 2 N–H and O–H groups in total. The molecule has 16 heavy (non-hydrogen) atoms. The Balaban J connectivity index is 2.45. The van der Waals surface area contributed by atoms with E-state index < -0.39 is 0 Å². The highest BCUT2D eigenvalue weighted by Crippen LogP contribution is 2.15. The monoisotopic (exact) mass is 224 g/mol. The third kappa shape index (κ3) is 3.99. The summed E-state index contributed by atoms with van der Waals surface area (Å²) >= 11 is 0. The summed E-state index contributed by atoms with van der Waals surface area (Å²) in [5.74, 6) is 1.83. The lowest BCUT2D eigenvalue weighted by molar-refractivity contribution is 0.254. The van der Waals surface area contributed by atoms with Gasteiger partial charge in [-0.25, -0.2) is 0 Å². The van der Waals surface area contributed by atoms with E-state index in [1.54, 1.807) is 0 Å². The summed E-state index contributed by atoms with van der Waals surface area (Å²) in [5.41, 5.74) is 6.12. The van der Waals surface area contributed by atoms with Gasteiger partial charge in [-0.3, -0.25) is 0 Å². The Kier molecular flexibility index (Phi) is 5.56. The fourth-order valence-corrected chi connectivity index (χ4v) is 1.78. The number of rotatable bonds is 7. The molecule has 0 aromatic carbocycles. The minimum atomic E-state index is -0.00879. The second-order valence-electron chi connectivity index (χ2n) is 4.30. The molecule has 0 saturated heterocycles. The molecule has 0 spiro atoms. The summed E-state index contributed by atoms with van der Waals surface area (Å²) in [6.45, 7) is 9.39. The first-order valence-corrected chi connectivity index (χ1v) is 6.21. The van der Waals surface area contributed by atoms with Crippen molar-refractivity contribution in [3.63, 3.8) is 0 Å². The maximum atomic E-state index is 6.12. The van der Waals surface area contributed by atoms with Gasteiger partial charge in [0.15, 0.2) is 0 Å². The highest BCUT2D eigenvalue weighted by molar-refractivity contribution is 5.09. The Morgan fingerprint density at radius 1 is 1.38 bits per heavy atom. The van der Waals surface area contributed by atoms with Gasteiger partial charge in [0.1, 0.15) is 11.5 Å². The molecule has 1 aromatic heterocycles. The Hall–Kier alpha value is -0.800. The van der Waals surface area contributed by atoms with E-state index in [1.165, 1.54) is 12.8 Å². The van der Waals surface area contributed by atoms with E-state index >= 15 is 0 Å². The van der Waals surface area contributed by atoms with Crippen molar-refractivity contribution in [2.75, 3.05) is 19.6 Å². The summed E-state index contributed by atoms with van der Waals surface area (Å²) in [6, 6.07) is 3.94. The minimum absolute atomic E-state index is 0.00879. The van der Waals surface area contributed by atoms with Gasteiger partial charge in [-0.15, -0.1) is 0 Å². The van der Waals surface area contributed by atoms with Crippen LogP contribution in [0, 0.1) is 6.92 Å². The van der Waals surface area contributed by atoms with Gasteiger partial charge >= 0.3 is 0 Å². The van der Waals surface area contributed by atoms with Crippen LogP contribution in [-0.2, 0) is 0 Å². The van der Waals surface area contributed by atoms with Crippen molar-refractivity contribution in [2.24, 2.45) is 5.73 Å². The predicted octanol–water partition coefficient (Wildman–Crippen LogP) is 2.71. The molecule has 0 saturated carbocycles. The lowest BCUT2D eigenvalue weighted by Gasteiger charge is -2.22. The summed E-state index contributed by atoms with van der Waals surface area (Å²) < 4.78 is 5.54. The van der Waals surface area contributed by atoms with Crippen LogP contribution in [0.2, 0.25) is 0 Å². The highest BCUT2D eigenvalue weighted by atomic mass is 16.3. The standard InChI is InChI=1S/C13H24N2O/c1-4-6-9-15(5-2)10-12(14)13-8-7-11(3)16-13/h7-8,12H,4-6,9-10,14H2,1-3H3. The zero-order chi connectivity index (χ0) is 12.0. The number of hydrogen-bond acceptors (Lipinski definition) is 3. The molecule has 0 fully saturated rings. The van der Waals surface area contributed by atoms with Crippen molar-refractivity contribution in [1.82, 2.24) is 4.90 Å². The van der Waals surface area contributed by atoms with E-state index in [9.17, 15) is 0 Å². The maximum absolute atomic E-state index is 6.12. The molecule has 0 radical (unpaired) electrons. The van der Waals surface area contributed by atoms with Crippen LogP contribution >= 0.6 is 0 Å². The predicted molar refractivity (Wildman–Crippen MR) is 67.4 cm³/mol. The van der Waals surface area contributed by atoms with E-state index in [2.05, 4.69) is 18.7 Å². The first-order chi connectivity index (χ1) is 7.67. The molecule has 0 amide bonds. The minimum Gasteiger partial charge on any atom is -0.465 e. The van der Waals surface area contributed by atoms with Gasteiger partial charge < -0.3 is 15.1 Å². The fourth-order valence-electron chi connectivity index (χ4n) is 1.78. The van der Waals surface area contributed by atoms with Crippen molar-refractivity contribution in [3.8, 4) is 0 Å². The van der Waals surface area contributed by atoms with Crippen molar-refractivity contribution in [1.29, 1.82) is 0 Å². The summed E-state index contributed by atoms with van der Waals surface area (Å²) in [7, 11) is 0. The van der Waals surface area contributed by atoms with Crippen molar-refractivity contribution < 1.29 is 4.42 Å². The normalized spacial score (nSPS) is 13.3. The van der Waals surface area contributed by atoms with Gasteiger partial charge in [0.2, 0.25) is 0 Å². The quantitative estimate of drug-likeness (QED) is 0.774. The van der Waals surface area contributed by atoms with Crippen LogP contribution in [0.3, 0.4) is 0 Å². The van der Waals surface area contributed by atoms with E-state index in [4.69, 9.17) is 10.2 Å². The third-order valence-corrected chi connectivity index (χ3v) is 2.86. The molecular formula is C13H24N2O. The maximum Gasteiger partial charge on any atom is 0.122 e. The first-order valence-electron chi connectivity index (χ1n) is 6.21. The first kappa shape index (κ1) is 13.3. The van der Waals surface area contributed by atoms with Gasteiger partial charge in [0.05, 0.1) is 6.04 Å². The average molecular weight is 224 g/mol. The van der Waals surface area contributed by atoms with Crippen molar-refractivity contribution in [2.45, 2.75) is 39.7 Å². The van der Waals surface area contributed by atoms with Gasteiger partial charge in [-0.05, 0) is 38.6 Å². The smallest absolute Gasteiger partial charge is 0.122 e. The molecule has 1 rings (SSSR count). The van der Waals surface area contributed by atoms with Crippen LogP contribution in [-0.4, -0.2) is 24.5 Å². The highest BCUT2D eigenvalue weighted by Gasteiger charge is 2.13. The Morgan fingerprint density at radius 3 is 2.62 bits per heavy atom. The lowest BCUT2D eigenvalue weighted by atomic mass is 10.2. The van der Waals surface area contributed by atoms with E-state index in [1.807, 2.05) is 19.1 Å². The third-order valence-electron chi connectivity index (χ3n) is 2.86. The largest absolute Gasteiger partial charge is 0.465 e. The number of hydrogen-bond donors (Lipinski definition) is 1. The Morgan fingerprint density at radius 2 is 2.12 bits per heavy atom. The van der Waals surface area contributed by atoms with Crippen LogP contribution in [0.5, 0.6) is 0 Å². The van der Waals surface area contributed by atoms with Crippen LogP contribution in [0.25, 0.3) is 0 Å². The van der Waals surface area contributed by atoms with Gasteiger partial charge in [0, 0.05) is 6.54 Å². The second kappa shape index (κ2) is 6.71. The number of unbranched alkanes of at least 4 members (excludes halogenated alkanes) is 1. The second-order valence-corrected chi connectivity index (χ2v) is 4.30. The molecule has 1 heterocycles. The van der Waals surface area contributed by atoms with Crippen LogP contribution < -0.4 is 5.73 Å². The van der Waals surface area contributed by atoms with Gasteiger partial charge in [-0.2, -0.15) is 0 Å². The van der Waals surface area contributed by atoms with Crippen LogP contribution in [0.15, 0.2) is 16.5 Å². The number of nitrogens with two attached hydrogens (primary N) is 1. The molecule has 3 heteroatoms. The molecule has 3 nitrogen and oxygen atoms in total. The number of likely N-dealkylation sites (N-methyl/N-ethyl adjacent to an activating group) is 1. The van der Waals surface area contributed by atoms with E-state index in [0.717, 1.165) is 31.2 Å². The van der Waals surface area contributed by atoms with Crippen LogP contribution in [0.1, 0.15) is 44.3 Å². The van der Waals surface area contributed by atoms with Gasteiger partial charge in [0.25, 0.3) is 0 Å².